The number of aryl methyl sites for hydroxylation is 1. The lowest BCUT2D eigenvalue weighted by atomic mass is 10.2. The number of carboxylic acid groups (broad SMARTS) is 1. The van der Waals surface area contributed by atoms with Gasteiger partial charge in [-0.25, -0.2) is 14.4 Å². The van der Waals surface area contributed by atoms with E-state index in [-0.39, 0.29) is 25.4 Å². The summed E-state index contributed by atoms with van der Waals surface area (Å²) in [6, 6.07) is 9.21. The fraction of sp³-hybridized carbons (Fsp3) is 0.391. The van der Waals surface area contributed by atoms with Crippen molar-refractivity contribution in [3.8, 4) is 0 Å². The van der Waals surface area contributed by atoms with Gasteiger partial charge in [0.15, 0.2) is 0 Å². The van der Waals surface area contributed by atoms with E-state index in [9.17, 15) is 24.0 Å². The predicted octanol–water partition coefficient (Wildman–Crippen LogP) is 1.48. The molecule has 4 N–H and O–H groups in total. The molecule has 0 aliphatic carbocycles. The summed E-state index contributed by atoms with van der Waals surface area (Å²) in [6.07, 6.45) is -0.391. The van der Waals surface area contributed by atoms with Crippen molar-refractivity contribution in [2.75, 3.05) is 11.9 Å². The fourth-order valence-electron chi connectivity index (χ4n) is 2.81. The summed E-state index contributed by atoms with van der Waals surface area (Å²) in [5, 5.41) is 15.7. The first kappa shape index (κ1) is 27.8. The third-order valence-electron chi connectivity index (χ3n) is 4.40. The molecule has 0 aliphatic rings. The Labute approximate surface area is 206 Å². The number of anilines is 1. The van der Waals surface area contributed by atoms with Crippen molar-refractivity contribution in [3.63, 3.8) is 0 Å². The average molecular weight is 504 g/mol. The number of alkyl carbamates (subject to hydrolysis) is 1. The average Bonchev–Trinajstić information content (AvgIpc) is 2.79. The number of amides is 3. The number of ether oxygens (including phenoxy) is 2. The summed E-state index contributed by atoms with van der Waals surface area (Å²) in [6.45, 7) is 4.28. The molecule has 0 unspecified atom stereocenters. The van der Waals surface area contributed by atoms with Crippen LogP contribution >= 0.6 is 0 Å². The standard InChI is InChI=1S/C23H29N5O8/c1-23(2,3)36-22(34)25-16(19(31)24-13-18(29)30)9-11-28-12-10-17(26-20(28)32)27-21(33)35-14-15-7-5-4-6-8-15/h4-8,10,12,16H,9,11,13-14H2,1-3H3,(H,24,31)(H,25,34)(H,29,30)(H,26,27,32,33)/t16-/m0/s1. The third-order valence-corrected chi connectivity index (χ3v) is 4.40. The SMILES string of the molecule is CC(C)(C)OC(=O)N[C@@H](CCn1ccc(NC(=O)OCc2ccccc2)nc1=O)C(=O)NCC(=O)O. The molecule has 0 saturated carbocycles. The number of benzene rings is 1. The van der Waals surface area contributed by atoms with Gasteiger partial charge in [0.05, 0.1) is 0 Å². The van der Waals surface area contributed by atoms with Crippen LogP contribution in [-0.4, -0.2) is 56.9 Å². The molecule has 1 atom stereocenters. The Balaban J connectivity index is 1.98. The Kier molecular flexibility index (Phi) is 9.95. The van der Waals surface area contributed by atoms with Crippen molar-refractivity contribution in [1.29, 1.82) is 0 Å². The van der Waals surface area contributed by atoms with Crippen LogP contribution in [0.1, 0.15) is 32.8 Å². The van der Waals surface area contributed by atoms with Gasteiger partial charge in [0.25, 0.3) is 0 Å². The Morgan fingerprint density at radius 1 is 1.08 bits per heavy atom. The van der Waals surface area contributed by atoms with Crippen molar-refractivity contribution >= 4 is 29.9 Å². The van der Waals surface area contributed by atoms with E-state index in [2.05, 4.69) is 20.9 Å². The van der Waals surface area contributed by atoms with E-state index < -0.39 is 47.9 Å². The highest BCUT2D eigenvalue weighted by molar-refractivity contribution is 5.88. The summed E-state index contributed by atoms with van der Waals surface area (Å²) in [5.41, 5.74) is -0.756. The first-order valence-electron chi connectivity index (χ1n) is 11.0. The molecule has 1 aromatic heterocycles. The summed E-state index contributed by atoms with van der Waals surface area (Å²) < 4.78 is 11.4. The van der Waals surface area contributed by atoms with Crippen LogP contribution in [0.15, 0.2) is 47.4 Å². The van der Waals surface area contributed by atoms with Crippen LogP contribution in [0.4, 0.5) is 15.4 Å². The van der Waals surface area contributed by atoms with Gasteiger partial charge in [-0.3, -0.25) is 19.5 Å². The van der Waals surface area contributed by atoms with E-state index in [1.54, 1.807) is 45.0 Å². The topological polar surface area (TPSA) is 178 Å². The van der Waals surface area contributed by atoms with Gasteiger partial charge in [-0.2, -0.15) is 4.98 Å². The number of hydrogen-bond donors (Lipinski definition) is 4. The zero-order chi connectivity index (χ0) is 26.7. The van der Waals surface area contributed by atoms with Crippen molar-refractivity contribution in [1.82, 2.24) is 20.2 Å². The maximum absolute atomic E-state index is 12.4. The molecule has 0 radical (unpaired) electrons. The molecular weight excluding hydrogens is 474 g/mol. The molecule has 13 nitrogen and oxygen atoms in total. The lowest BCUT2D eigenvalue weighted by Crippen LogP contribution is -2.49. The molecule has 2 rings (SSSR count). The molecule has 194 valence electrons. The summed E-state index contributed by atoms with van der Waals surface area (Å²) in [4.78, 5) is 63.4. The van der Waals surface area contributed by atoms with E-state index in [4.69, 9.17) is 14.6 Å². The predicted molar refractivity (Wildman–Crippen MR) is 127 cm³/mol. The minimum absolute atomic E-state index is 0.0306. The van der Waals surface area contributed by atoms with Gasteiger partial charge >= 0.3 is 23.8 Å². The second-order valence-corrected chi connectivity index (χ2v) is 8.57. The Morgan fingerprint density at radius 2 is 1.78 bits per heavy atom. The molecular formula is C23H29N5O8. The highest BCUT2D eigenvalue weighted by Gasteiger charge is 2.25. The maximum Gasteiger partial charge on any atom is 0.413 e. The van der Waals surface area contributed by atoms with Crippen molar-refractivity contribution in [3.05, 3.63) is 58.6 Å². The number of aromatic nitrogens is 2. The van der Waals surface area contributed by atoms with E-state index >= 15 is 0 Å². The molecule has 0 fully saturated rings. The van der Waals surface area contributed by atoms with Crippen molar-refractivity contribution in [2.45, 2.75) is 52.0 Å². The number of nitrogens with one attached hydrogen (secondary N) is 3. The largest absolute Gasteiger partial charge is 0.480 e. The van der Waals surface area contributed by atoms with Crippen LogP contribution in [0.5, 0.6) is 0 Å². The van der Waals surface area contributed by atoms with Gasteiger partial charge in [0.1, 0.15) is 30.6 Å². The Morgan fingerprint density at radius 3 is 2.39 bits per heavy atom. The van der Waals surface area contributed by atoms with Crippen LogP contribution in [-0.2, 0) is 32.2 Å². The lowest BCUT2D eigenvalue weighted by Gasteiger charge is -2.23. The normalized spacial score (nSPS) is 11.6. The van der Waals surface area contributed by atoms with Gasteiger partial charge in [-0.15, -0.1) is 0 Å². The molecule has 13 heteroatoms. The zero-order valence-corrected chi connectivity index (χ0v) is 20.1. The molecule has 0 spiro atoms. The number of carboxylic acids is 1. The fourth-order valence-corrected chi connectivity index (χ4v) is 2.81. The third kappa shape index (κ3) is 10.2. The Bertz CT molecular complexity index is 1130. The molecule has 1 heterocycles. The minimum atomic E-state index is -1.26. The van der Waals surface area contributed by atoms with E-state index in [0.29, 0.717) is 0 Å². The van der Waals surface area contributed by atoms with E-state index in [1.807, 2.05) is 6.07 Å². The van der Waals surface area contributed by atoms with Crippen LogP contribution < -0.4 is 21.6 Å². The molecule has 2 aromatic rings. The molecule has 3 amide bonds. The van der Waals surface area contributed by atoms with Gasteiger partial charge < -0.3 is 25.2 Å². The summed E-state index contributed by atoms with van der Waals surface area (Å²) in [7, 11) is 0. The highest BCUT2D eigenvalue weighted by atomic mass is 16.6. The van der Waals surface area contributed by atoms with Crippen molar-refractivity contribution in [2.24, 2.45) is 0 Å². The molecule has 36 heavy (non-hydrogen) atoms. The van der Waals surface area contributed by atoms with Gasteiger partial charge in [0.2, 0.25) is 5.91 Å². The monoisotopic (exact) mass is 503 g/mol. The summed E-state index contributed by atoms with van der Waals surface area (Å²) >= 11 is 0. The number of carbonyl (C=O) groups excluding carboxylic acids is 3. The van der Waals surface area contributed by atoms with Crippen LogP contribution in [0.25, 0.3) is 0 Å². The second-order valence-electron chi connectivity index (χ2n) is 8.57. The van der Waals surface area contributed by atoms with Gasteiger partial charge in [-0.1, -0.05) is 30.3 Å². The first-order chi connectivity index (χ1) is 16.9. The second kappa shape index (κ2) is 12.9. The molecule has 0 saturated heterocycles. The maximum atomic E-state index is 12.4. The molecule has 0 bridgehead atoms. The van der Waals surface area contributed by atoms with Gasteiger partial charge in [0, 0.05) is 12.7 Å². The lowest BCUT2D eigenvalue weighted by molar-refractivity contribution is -0.138. The quantitative estimate of drug-likeness (QED) is 0.374. The van der Waals surface area contributed by atoms with E-state index in [1.165, 1.54) is 12.3 Å². The zero-order valence-electron chi connectivity index (χ0n) is 20.1. The number of aliphatic carboxylic acids is 1. The molecule has 0 aliphatic heterocycles. The number of rotatable bonds is 10. The smallest absolute Gasteiger partial charge is 0.413 e. The molecule has 1 aromatic carbocycles. The van der Waals surface area contributed by atoms with Gasteiger partial charge in [-0.05, 0) is 38.8 Å². The number of carbonyl (C=O) groups is 4. The Hall–Kier alpha value is -4.42. The van der Waals surface area contributed by atoms with Crippen LogP contribution in [0, 0.1) is 0 Å². The minimum Gasteiger partial charge on any atom is -0.480 e. The van der Waals surface area contributed by atoms with Crippen molar-refractivity contribution < 1.29 is 33.8 Å². The van der Waals surface area contributed by atoms with Crippen LogP contribution in [0.2, 0.25) is 0 Å². The first-order valence-corrected chi connectivity index (χ1v) is 11.0. The van der Waals surface area contributed by atoms with Crippen LogP contribution in [0.3, 0.4) is 0 Å². The van der Waals surface area contributed by atoms with E-state index in [0.717, 1.165) is 10.1 Å². The number of hydrogen-bond acceptors (Lipinski definition) is 8. The number of nitrogens with zero attached hydrogens (tertiary/aromatic N) is 2. The highest BCUT2D eigenvalue weighted by Crippen LogP contribution is 2.08. The summed E-state index contributed by atoms with van der Waals surface area (Å²) in [5.74, 6) is -2.05.